The fourth-order valence-electron chi connectivity index (χ4n) is 3.07. The van der Waals surface area contributed by atoms with Gasteiger partial charge in [-0.25, -0.2) is 13.2 Å². The van der Waals surface area contributed by atoms with Gasteiger partial charge in [0.2, 0.25) is 5.91 Å². The molecule has 3 rings (SSSR count). The largest absolute Gasteiger partial charge is 0.495 e. The van der Waals surface area contributed by atoms with Gasteiger partial charge in [0.1, 0.15) is 5.75 Å². The van der Waals surface area contributed by atoms with Crippen molar-refractivity contribution in [2.75, 3.05) is 30.4 Å². The van der Waals surface area contributed by atoms with Gasteiger partial charge in [-0.15, -0.1) is 0 Å². The number of esters is 1. The number of amides is 2. The second-order valence-corrected chi connectivity index (χ2v) is 9.20. The van der Waals surface area contributed by atoms with Crippen LogP contribution in [0.3, 0.4) is 0 Å². The van der Waals surface area contributed by atoms with Crippen LogP contribution in [0.5, 0.6) is 5.75 Å². The summed E-state index contributed by atoms with van der Waals surface area (Å²) in [4.78, 5) is 35.4. The Morgan fingerprint density at radius 2 is 1.51 bits per heavy atom. The van der Waals surface area contributed by atoms with E-state index in [4.69, 9.17) is 15.2 Å². The molecule has 3 N–H and O–H groups in total. The van der Waals surface area contributed by atoms with E-state index in [0.717, 1.165) is 4.31 Å². The predicted molar refractivity (Wildman–Crippen MR) is 129 cm³/mol. The van der Waals surface area contributed by atoms with E-state index in [0.29, 0.717) is 17.1 Å². The van der Waals surface area contributed by atoms with Gasteiger partial charge in [0, 0.05) is 18.3 Å². The molecule has 3 aromatic carbocycles. The van der Waals surface area contributed by atoms with Gasteiger partial charge in [0.05, 0.1) is 23.3 Å². The van der Waals surface area contributed by atoms with Gasteiger partial charge < -0.3 is 20.5 Å². The molecule has 10 nitrogen and oxygen atoms in total. The highest BCUT2D eigenvalue weighted by Gasteiger charge is 2.24. The van der Waals surface area contributed by atoms with E-state index in [1.807, 2.05) is 0 Å². The Morgan fingerprint density at radius 3 is 2.11 bits per heavy atom. The molecule has 3 aromatic rings. The number of para-hydroxylation sites is 2. The van der Waals surface area contributed by atoms with Crippen LogP contribution in [0.25, 0.3) is 0 Å². The van der Waals surface area contributed by atoms with Crippen molar-refractivity contribution in [2.24, 2.45) is 5.73 Å². The third kappa shape index (κ3) is 5.95. The maximum atomic E-state index is 13.0. The topological polar surface area (TPSA) is 145 Å². The Labute approximate surface area is 202 Å². The van der Waals surface area contributed by atoms with Gasteiger partial charge in [-0.05, 0) is 60.7 Å². The van der Waals surface area contributed by atoms with Crippen LogP contribution in [0.15, 0.2) is 77.7 Å². The van der Waals surface area contributed by atoms with E-state index in [9.17, 15) is 22.8 Å². The molecular formula is C24H23N3O7S. The van der Waals surface area contributed by atoms with Crippen molar-refractivity contribution < 1.29 is 32.3 Å². The molecule has 182 valence electrons. The van der Waals surface area contributed by atoms with Crippen molar-refractivity contribution in [3.05, 3.63) is 83.9 Å². The van der Waals surface area contributed by atoms with Crippen molar-refractivity contribution in [2.45, 2.75) is 4.90 Å². The number of carbonyl (C=O) groups excluding carboxylic acids is 3. The molecule has 0 aliphatic carbocycles. The van der Waals surface area contributed by atoms with Crippen molar-refractivity contribution in [3.63, 3.8) is 0 Å². The minimum Gasteiger partial charge on any atom is -0.495 e. The summed E-state index contributed by atoms with van der Waals surface area (Å²) >= 11 is 0. The van der Waals surface area contributed by atoms with Crippen LogP contribution in [0, 0.1) is 0 Å². The number of primary amides is 1. The second-order valence-electron chi connectivity index (χ2n) is 7.23. The van der Waals surface area contributed by atoms with E-state index >= 15 is 0 Å². The lowest BCUT2D eigenvalue weighted by Crippen LogP contribution is -2.27. The summed E-state index contributed by atoms with van der Waals surface area (Å²) < 4.78 is 37.3. The number of anilines is 2. The molecule has 2 amide bonds. The maximum Gasteiger partial charge on any atom is 0.338 e. The zero-order valence-electron chi connectivity index (χ0n) is 18.9. The zero-order valence-corrected chi connectivity index (χ0v) is 19.7. The number of hydrogen-bond donors (Lipinski definition) is 2. The lowest BCUT2D eigenvalue weighted by atomic mass is 10.2. The van der Waals surface area contributed by atoms with Gasteiger partial charge in [0.25, 0.3) is 15.9 Å². The first-order valence-electron chi connectivity index (χ1n) is 10.2. The van der Waals surface area contributed by atoms with Crippen LogP contribution < -0.4 is 20.1 Å². The van der Waals surface area contributed by atoms with Gasteiger partial charge in [-0.2, -0.15) is 0 Å². The Hall–Kier alpha value is -4.38. The molecular weight excluding hydrogens is 474 g/mol. The van der Waals surface area contributed by atoms with Crippen LogP contribution in [-0.2, 0) is 19.6 Å². The molecule has 0 radical (unpaired) electrons. The van der Waals surface area contributed by atoms with Crippen LogP contribution in [-0.4, -0.2) is 47.0 Å². The van der Waals surface area contributed by atoms with Crippen molar-refractivity contribution in [3.8, 4) is 5.75 Å². The fourth-order valence-corrected chi connectivity index (χ4v) is 4.28. The van der Waals surface area contributed by atoms with Crippen LogP contribution >= 0.6 is 0 Å². The summed E-state index contributed by atoms with van der Waals surface area (Å²) in [6, 6.07) is 17.7. The van der Waals surface area contributed by atoms with Crippen LogP contribution in [0.4, 0.5) is 11.4 Å². The van der Waals surface area contributed by atoms with Crippen molar-refractivity contribution in [1.29, 1.82) is 0 Å². The molecule has 0 aromatic heterocycles. The first kappa shape index (κ1) is 25.2. The molecule has 0 unspecified atom stereocenters. The number of nitrogens with zero attached hydrogens (tertiary/aromatic N) is 1. The second kappa shape index (κ2) is 10.7. The van der Waals surface area contributed by atoms with E-state index in [-0.39, 0.29) is 16.0 Å². The molecule has 0 aliphatic rings. The molecule has 0 bridgehead atoms. The fraction of sp³-hybridized carbons (Fsp3) is 0.125. The average Bonchev–Trinajstić information content (AvgIpc) is 2.87. The number of ether oxygens (including phenoxy) is 2. The number of sulfonamides is 1. The lowest BCUT2D eigenvalue weighted by Gasteiger charge is -2.21. The molecule has 0 fully saturated rings. The average molecular weight is 498 g/mol. The maximum absolute atomic E-state index is 13.0. The summed E-state index contributed by atoms with van der Waals surface area (Å²) in [7, 11) is -1.09. The minimum atomic E-state index is -3.93. The molecule has 0 spiro atoms. The number of benzene rings is 3. The molecule has 0 atom stereocenters. The molecule has 0 aliphatic heterocycles. The highest BCUT2D eigenvalue weighted by molar-refractivity contribution is 7.92. The van der Waals surface area contributed by atoms with E-state index in [2.05, 4.69) is 5.32 Å². The van der Waals surface area contributed by atoms with Crippen LogP contribution in [0.1, 0.15) is 20.7 Å². The van der Waals surface area contributed by atoms with E-state index in [1.54, 1.807) is 24.3 Å². The standard InChI is InChI=1S/C24H23N3O7S/c1-27(20-5-3-4-6-21(20)33-2)35(31,32)19-13-9-17(10-14-19)24(30)34-15-22(28)26-18-11-7-16(8-12-18)23(25)29/h3-14H,15H2,1-2H3,(H2,25,29)(H,26,28). The molecule has 0 saturated carbocycles. The lowest BCUT2D eigenvalue weighted by molar-refractivity contribution is -0.119. The van der Waals surface area contributed by atoms with E-state index in [1.165, 1.54) is 62.7 Å². The first-order chi connectivity index (χ1) is 16.6. The number of nitrogens with one attached hydrogen (secondary N) is 1. The van der Waals surface area contributed by atoms with Gasteiger partial charge >= 0.3 is 5.97 Å². The van der Waals surface area contributed by atoms with Crippen molar-refractivity contribution in [1.82, 2.24) is 0 Å². The summed E-state index contributed by atoms with van der Waals surface area (Å²) in [6.07, 6.45) is 0. The number of methoxy groups -OCH3 is 1. The number of carbonyl (C=O) groups is 3. The monoisotopic (exact) mass is 497 g/mol. The van der Waals surface area contributed by atoms with Gasteiger partial charge in [-0.1, -0.05) is 12.1 Å². The third-order valence-electron chi connectivity index (χ3n) is 4.96. The summed E-state index contributed by atoms with van der Waals surface area (Å²) in [5, 5.41) is 2.52. The highest BCUT2D eigenvalue weighted by Crippen LogP contribution is 2.30. The number of rotatable bonds is 9. The predicted octanol–water partition coefficient (Wildman–Crippen LogP) is 2.41. The Balaban J connectivity index is 1.62. The molecule has 35 heavy (non-hydrogen) atoms. The summed E-state index contributed by atoms with van der Waals surface area (Å²) in [5.74, 6) is -1.60. The summed E-state index contributed by atoms with van der Waals surface area (Å²) in [5.41, 5.74) is 6.27. The first-order valence-corrected chi connectivity index (χ1v) is 11.7. The Kier molecular flexibility index (Phi) is 7.72. The number of hydrogen-bond acceptors (Lipinski definition) is 7. The minimum absolute atomic E-state index is 0.0420. The molecule has 0 saturated heterocycles. The molecule has 11 heteroatoms. The molecule has 0 heterocycles. The van der Waals surface area contributed by atoms with E-state index < -0.39 is 34.4 Å². The van der Waals surface area contributed by atoms with Gasteiger partial charge in [-0.3, -0.25) is 13.9 Å². The Bertz CT molecular complexity index is 1340. The Morgan fingerprint density at radius 1 is 0.914 bits per heavy atom. The number of nitrogens with two attached hydrogens (primary N) is 1. The van der Waals surface area contributed by atoms with Crippen molar-refractivity contribution >= 4 is 39.2 Å². The highest BCUT2D eigenvalue weighted by atomic mass is 32.2. The third-order valence-corrected chi connectivity index (χ3v) is 6.75. The quantitative estimate of drug-likeness (QED) is 0.432. The smallest absolute Gasteiger partial charge is 0.338 e. The van der Waals surface area contributed by atoms with Crippen LogP contribution in [0.2, 0.25) is 0 Å². The SMILES string of the molecule is COc1ccccc1N(C)S(=O)(=O)c1ccc(C(=O)OCC(=O)Nc2ccc(C(N)=O)cc2)cc1. The zero-order chi connectivity index (χ0) is 25.6. The normalized spacial score (nSPS) is 10.8. The summed E-state index contributed by atoms with van der Waals surface area (Å²) in [6.45, 7) is -0.563. The van der Waals surface area contributed by atoms with Gasteiger partial charge in [0.15, 0.2) is 6.61 Å².